The highest BCUT2D eigenvalue weighted by molar-refractivity contribution is 6.34. The highest BCUT2D eigenvalue weighted by Crippen LogP contribution is 2.36. The molecule has 0 aliphatic rings. The van der Waals surface area contributed by atoms with Crippen molar-refractivity contribution in [1.82, 2.24) is 4.98 Å². The molecule has 1 aromatic heterocycles. The number of nitrogens with two attached hydrogens (primary N) is 1. The number of hydrogen-bond donors (Lipinski definition) is 2. The molecule has 0 unspecified atom stereocenters. The maximum absolute atomic E-state index is 11.7. The van der Waals surface area contributed by atoms with E-state index in [-0.39, 0.29) is 0 Å². The summed E-state index contributed by atoms with van der Waals surface area (Å²) in [6.45, 7) is 0. The Labute approximate surface area is 81.1 Å². The summed E-state index contributed by atoms with van der Waals surface area (Å²) < 4.78 is 38.6. The van der Waals surface area contributed by atoms with Crippen LogP contribution < -0.4 is 10.5 Å². The maximum atomic E-state index is 11.7. The predicted molar refractivity (Wildman–Crippen MR) is 42.0 cm³/mol. The summed E-state index contributed by atoms with van der Waals surface area (Å²) >= 11 is 5.35. The Morgan fingerprint density at radius 1 is 1.50 bits per heavy atom. The Kier molecular flexibility index (Phi) is 2.61. The number of halogens is 4. The number of nitrogens with zero attached hydrogens (tertiary/aromatic N) is 1. The molecule has 0 saturated heterocycles. The highest BCUT2D eigenvalue weighted by Gasteiger charge is 2.33. The van der Waals surface area contributed by atoms with Crippen LogP contribution in [0.15, 0.2) is 6.20 Å². The second-order valence-corrected chi connectivity index (χ2v) is 2.60. The van der Waals surface area contributed by atoms with E-state index in [2.05, 4.69) is 9.72 Å². The van der Waals surface area contributed by atoms with E-state index in [1.165, 1.54) is 0 Å². The van der Waals surface area contributed by atoms with Gasteiger partial charge in [0.15, 0.2) is 5.75 Å². The number of pyridine rings is 1. The molecule has 0 aromatic carbocycles. The average molecular weight is 229 g/mol. The van der Waals surface area contributed by atoms with E-state index in [0.29, 0.717) is 6.20 Å². The third kappa shape index (κ3) is 2.32. The molecule has 1 aromatic rings. The molecule has 0 atom stereocenters. The van der Waals surface area contributed by atoms with Crippen LogP contribution in [0.4, 0.5) is 18.9 Å². The topological polar surface area (TPSA) is 68.4 Å². The van der Waals surface area contributed by atoms with Gasteiger partial charge in [-0.25, -0.2) is 4.98 Å². The highest BCUT2D eigenvalue weighted by atomic mass is 35.5. The number of nitrogen functional groups attached to an aromatic ring is 1. The number of hydrogen-bond acceptors (Lipinski definition) is 4. The average Bonchev–Trinajstić information content (AvgIpc) is 2.04. The second kappa shape index (κ2) is 3.41. The zero-order chi connectivity index (χ0) is 10.9. The predicted octanol–water partition coefficient (Wildman–Crippen LogP) is 1.92. The van der Waals surface area contributed by atoms with Crippen LogP contribution in [0.3, 0.4) is 0 Å². The van der Waals surface area contributed by atoms with Gasteiger partial charge >= 0.3 is 6.36 Å². The van der Waals surface area contributed by atoms with Crippen molar-refractivity contribution >= 4 is 17.3 Å². The van der Waals surface area contributed by atoms with Crippen LogP contribution in [-0.4, -0.2) is 16.5 Å². The summed E-state index contributed by atoms with van der Waals surface area (Å²) in [4.78, 5) is 3.12. The number of aromatic hydroxyl groups is 1. The number of anilines is 1. The molecule has 0 aliphatic heterocycles. The zero-order valence-electron chi connectivity index (χ0n) is 6.47. The molecule has 0 bridgehead atoms. The number of ether oxygens (including phenoxy) is 1. The molecule has 0 fully saturated rings. The van der Waals surface area contributed by atoms with Gasteiger partial charge in [0.2, 0.25) is 5.88 Å². The van der Waals surface area contributed by atoms with Crippen molar-refractivity contribution < 1.29 is 23.0 Å². The first-order valence-electron chi connectivity index (χ1n) is 3.20. The molecule has 8 heteroatoms. The van der Waals surface area contributed by atoms with Crippen molar-refractivity contribution in [3.05, 3.63) is 11.2 Å². The van der Waals surface area contributed by atoms with Gasteiger partial charge in [0, 0.05) is 0 Å². The number of aromatic nitrogens is 1. The van der Waals surface area contributed by atoms with E-state index < -0.39 is 28.7 Å². The van der Waals surface area contributed by atoms with Gasteiger partial charge < -0.3 is 15.6 Å². The first-order valence-corrected chi connectivity index (χ1v) is 3.57. The molecular weight excluding hydrogens is 225 g/mol. The van der Waals surface area contributed by atoms with Gasteiger partial charge in [0.1, 0.15) is 10.7 Å². The molecule has 0 radical (unpaired) electrons. The Balaban J connectivity index is 3.06. The van der Waals surface area contributed by atoms with Crippen LogP contribution in [0.1, 0.15) is 0 Å². The van der Waals surface area contributed by atoms with Crippen molar-refractivity contribution in [2.75, 3.05) is 5.73 Å². The molecule has 0 saturated carbocycles. The zero-order valence-corrected chi connectivity index (χ0v) is 7.23. The monoisotopic (exact) mass is 228 g/mol. The molecule has 78 valence electrons. The van der Waals surface area contributed by atoms with Crippen LogP contribution >= 0.6 is 11.6 Å². The quantitative estimate of drug-likeness (QED) is 0.771. The van der Waals surface area contributed by atoms with E-state index >= 15 is 0 Å². The van der Waals surface area contributed by atoms with Crippen LogP contribution in [-0.2, 0) is 0 Å². The van der Waals surface area contributed by atoms with Gasteiger partial charge in [0.25, 0.3) is 0 Å². The molecule has 14 heavy (non-hydrogen) atoms. The minimum absolute atomic E-state index is 0.431. The minimum atomic E-state index is -4.90. The van der Waals surface area contributed by atoms with Crippen molar-refractivity contribution in [3.8, 4) is 11.6 Å². The molecule has 4 nitrogen and oxygen atoms in total. The smallest absolute Gasteiger partial charge is 0.505 e. The largest absolute Gasteiger partial charge is 0.574 e. The molecule has 0 amide bonds. The van der Waals surface area contributed by atoms with Crippen LogP contribution in [0.5, 0.6) is 11.6 Å². The third-order valence-electron chi connectivity index (χ3n) is 1.21. The molecular formula is C6H4ClF3N2O2. The van der Waals surface area contributed by atoms with E-state index in [4.69, 9.17) is 22.4 Å². The van der Waals surface area contributed by atoms with Crippen LogP contribution in [0.25, 0.3) is 0 Å². The first-order chi connectivity index (χ1) is 6.31. The second-order valence-electron chi connectivity index (χ2n) is 2.22. The molecule has 1 rings (SSSR count). The van der Waals surface area contributed by atoms with E-state index in [1.807, 2.05) is 0 Å². The van der Waals surface area contributed by atoms with Crippen molar-refractivity contribution in [2.45, 2.75) is 6.36 Å². The molecule has 1 heterocycles. The van der Waals surface area contributed by atoms with E-state index in [1.54, 1.807) is 0 Å². The number of alkyl halides is 3. The van der Waals surface area contributed by atoms with Gasteiger partial charge in [-0.1, -0.05) is 11.6 Å². The Hall–Kier alpha value is -1.37. The Morgan fingerprint density at radius 2 is 2.07 bits per heavy atom. The summed E-state index contributed by atoms with van der Waals surface area (Å²) in [7, 11) is 0. The molecule has 0 spiro atoms. The fraction of sp³-hybridized carbons (Fsp3) is 0.167. The summed E-state index contributed by atoms with van der Waals surface area (Å²) in [6.07, 6.45) is -4.19. The lowest BCUT2D eigenvalue weighted by Gasteiger charge is -2.10. The first kappa shape index (κ1) is 10.7. The lowest BCUT2D eigenvalue weighted by Crippen LogP contribution is -2.18. The lowest BCUT2D eigenvalue weighted by atomic mass is 10.4. The SMILES string of the molecule is Nc1c(OC(F)(F)F)ncc(O)c1Cl. The molecule has 3 N–H and O–H groups in total. The fourth-order valence-corrected chi connectivity index (χ4v) is 0.798. The van der Waals surface area contributed by atoms with Crippen LogP contribution in [0, 0.1) is 0 Å². The fourth-order valence-electron chi connectivity index (χ4n) is 0.669. The van der Waals surface area contributed by atoms with Gasteiger partial charge in [0.05, 0.1) is 6.20 Å². The maximum Gasteiger partial charge on any atom is 0.574 e. The van der Waals surface area contributed by atoms with Crippen molar-refractivity contribution in [3.63, 3.8) is 0 Å². The third-order valence-corrected chi connectivity index (χ3v) is 1.61. The van der Waals surface area contributed by atoms with Gasteiger partial charge in [-0.05, 0) is 0 Å². The van der Waals surface area contributed by atoms with Gasteiger partial charge in [-0.2, -0.15) is 0 Å². The number of rotatable bonds is 1. The normalized spacial score (nSPS) is 11.4. The van der Waals surface area contributed by atoms with Crippen LogP contribution in [0.2, 0.25) is 5.02 Å². The molecule has 0 aliphatic carbocycles. The minimum Gasteiger partial charge on any atom is -0.505 e. The van der Waals surface area contributed by atoms with E-state index in [9.17, 15) is 13.2 Å². The Morgan fingerprint density at radius 3 is 2.57 bits per heavy atom. The Bertz CT molecular complexity index is 356. The summed E-state index contributed by atoms with van der Waals surface area (Å²) in [5.41, 5.74) is 4.55. The van der Waals surface area contributed by atoms with Gasteiger partial charge in [-0.15, -0.1) is 13.2 Å². The standard InChI is InChI=1S/C6H4ClF3N2O2/c7-3-2(13)1-12-5(4(3)11)14-6(8,9)10/h1,13H,11H2. The lowest BCUT2D eigenvalue weighted by molar-refractivity contribution is -0.275. The summed E-state index contributed by atoms with van der Waals surface area (Å²) in [5.74, 6) is -1.40. The van der Waals surface area contributed by atoms with Crippen molar-refractivity contribution in [1.29, 1.82) is 0 Å². The summed E-state index contributed by atoms with van der Waals surface area (Å²) in [6, 6.07) is 0. The van der Waals surface area contributed by atoms with E-state index in [0.717, 1.165) is 0 Å². The summed E-state index contributed by atoms with van der Waals surface area (Å²) in [5, 5.41) is 8.48. The van der Waals surface area contributed by atoms with Crippen molar-refractivity contribution in [2.24, 2.45) is 0 Å². The van der Waals surface area contributed by atoms with Gasteiger partial charge in [-0.3, -0.25) is 0 Å².